The van der Waals surface area contributed by atoms with Gasteiger partial charge in [-0.25, -0.2) is 8.42 Å². The number of carbonyl (C=O) groups is 1. The van der Waals surface area contributed by atoms with E-state index in [0.717, 1.165) is 26.9 Å². The van der Waals surface area contributed by atoms with Crippen LogP contribution in [0.4, 0.5) is 0 Å². The van der Waals surface area contributed by atoms with Crippen LogP contribution in [0.3, 0.4) is 0 Å². The molecule has 0 spiro atoms. The predicted molar refractivity (Wildman–Crippen MR) is 132 cm³/mol. The van der Waals surface area contributed by atoms with Gasteiger partial charge in [0.25, 0.3) is 5.91 Å². The summed E-state index contributed by atoms with van der Waals surface area (Å²) in [5.74, 6) is -0.409. The number of nitrogens with zero attached hydrogens (tertiary/aromatic N) is 3. The fourth-order valence-corrected chi connectivity index (χ4v) is 5.93. The van der Waals surface area contributed by atoms with E-state index in [0.29, 0.717) is 10.4 Å². The van der Waals surface area contributed by atoms with Gasteiger partial charge < -0.3 is 4.57 Å². The molecular weight excluding hydrogens is 454 g/mol. The van der Waals surface area contributed by atoms with Crippen molar-refractivity contribution in [3.63, 3.8) is 0 Å². The van der Waals surface area contributed by atoms with Crippen LogP contribution in [0.15, 0.2) is 76.6 Å². The van der Waals surface area contributed by atoms with Gasteiger partial charge in [0.1, 0.15) is 0 Å². The quantitative estimate of drug-likeness (QED) is 0.425. The standard InChI is InChI=1S/C25H25N3O3S2/c1-17-14-18(2)23-22(15-17)28(4)25(32-23)26-24(29)20-10-12-21(13-11-20)33(30,31)27(3)16-19-8-6-5-7-9-19/h5-15H,16H2,1-4H3. The topological polar surface area (TPSA) is 71.7 Å². The molecule has 6 nitrogen and oxygen atoms in total. The van der Waals surface area contributed by atoms with Crippen LogP contribution in [0, 0.1) is 13.8 Å². The second-order valence-corrected chi connectivity index (χ2v) is 11.1. The summed E-state index contributed by atoms with van der Waals surface area (Å²) in [7, 11) is -0.248. The molecule has 33 heavy (non-hydrogen) atoms. The van der Waals surface area contributed by atoms with Crippen molar-refractivity contribution < 1.29 is 13.2 Å². The summed E-state index contributed by atoms with van der Waals surface area (Å²) in [5, 5.41) is 0. The molecule has 1 heterocycles. The monoisotopic (exact) mass is 479 g/mol. The van der Waals surface area contributed by atoms with Crippen LogP contribution in [-0.4, -0.2) is 30.2 Å². The Balaban J connectivity index is 1.59. The van der Waals surface area contributed by atoms with E-state index < -0.39 is 15.9 Å². The minimum atomic E-state index is -3.68. The number of aryl methyl sites for hydroxylation is 3. The molecule has 1 amide bonds. The van der Waals surface area contributed by atoms with Crippen LogP contribution in [0.2, 0.25) is 0 Å². The van der Waals surface area contributed by atoms with Crippen molar-refractivity contribution in [3.8, 4) is 0 Å². The number of hydrogen-bond donors (Lipinski definition) is 0. The van der Waals surface area contributed by atoms with Gasteiger partial charge in [0.15, 0.2) is 4.80 Å². The highest BCUT2D eigenvalue weighted by Crippen LogP contribution is 2.23. The summed E-state index contributed by atoms with van der Waals surface area (Å²) in [6, 6.07) is 19.5. The van der Waals surface area contributed by atoms with Crippen molar-refractivity contribution in [1.82, 2.24) is 8.87 Å². The highest BCUT2D eigenvalue weighted by Gasteiger charge is 2.21. The summed E-state index contributed by atoms with van der Waals surface area (Å²) in [6.07, 6.45) is 0. The van der Waals surface area contributed by atoms with Gasteiger partial charge in [0, 0.05) is 26.2 Å². The Labute approximate surface area is 197 Å². The first-order chi connectivity index (χ1) is 15.7. The van der Waals surface area contributed by atoms with Gasteiger partial charge in [-0.05, 0) is 60.9 Å². The lowest BCUT2D eigenvalue weighted by atomic mass is 10.1. The zero-order valence-electron chi connectivity index (χ0n) is 18.9. The van der Waals surface area contributed by atoms with E-state index in [2.05, 4.69) is 17.1 Å². The first kappa shape index (κ1) is 23.1. The van der Waals surface area contributed by atoms with Gasteiger partial charge in [0.2, 0.25) is 10.0 Å². The highest BCUT2D eigenvalue weighted by atomic mass is 32.2. The van der Waals surface area contributed by atoms with Crippen molar-refractivity contribution in [2.24, 2.45) is 12.0 Å². The minimum absolute atomic E-state index is 0.135. The van der Waals surface area contributed by atoms with E-state index >= 15 is 0 Å². The van der Waals surface area contributed by atoms with Gasteiger partial charge in [-0.1, -0.05) is 47.7 Å². The lowest BCUT2D eigenvalue weighted by Crippen LogP contribution is -2.26. The van der Waals surface area contributed by atoms with Gasteiger partial charge in [-0.15, -0.1) is 0 Å². The van der Waals surface area contributed by atoms with Gasteiger partial charge >= 0.3 is 0 Å². The summed E-state index contributed by atoms with van der Waals surface area (Å²) >= 11 is 1.47. The fourth-order valence-electron chi connectivity index (χ4n) is 3.70. The van der Waals surface area contributed by atoms with E-state index in [1.165, 1.54) is 39.9 Å². The van der Waals surface area contributed by atoms with Crippen LogP contribution in [-0.2, 0) is 23.6 Å². The third-order valence-corrected chi connectivity index (χ3v) is 8.60. The van der Waals surface area contributed by atoms with Crippen molar-refractivity contribution in [2.75, 3.05) is 7.05 Å². The molecule has 0 aliphatic carbocycles. The second kappa shape index (κ2) is 9.05. The molecule has 0 bridgehead atoms. The Morgan fingerprint density at radius 1 is 1.03 bits per heavy atom. The number of carbonyl (C=O) groups excluding carboxylic acids is 1. The van der Waals surface area contributed by atoms with Crippen molar-refractivity contribution >= 4 is 37.5 Å². The molecule has 1 aromatic heterocycles. The molecule has 0 atom stereocenters. The van der Waals surface area contributed by atoms with Gasteiger partial charge in [-0.3, -0.25) is 4.79 Å². The molecule has 0 saturated heterocycles. The zero-order chi connectivity index (χ0) is 23.8. The van der Waals surface area contributed by atoms with E-state index in [9.17, 15) is 13.2 Å². The Hall–Kier alpha value is -3.07. The number of rotatable bonds is 5. The first-order valence-corrected chi connectivity index (χ1v) is 12.7. The van der Waals surface area contributed by atoms with Crippen LogP contribution in [0.25, 0.3) is 10.2 Å². The second-order valence-electron chi connectivity index (χ2n) is 8.06. The first-order valence-electron chi connectivity index (χ1n) is 10.4. The summed E-state index contributed by atoms with van der Waals surface area (Å²) in [5.41, 5.74) is 4.57. The highest BCUT2D eigenvalue weighted by molar-refractivity contribution is 7.89. The molecule has 4 rings (SSSR count). The molecule has 0 saturated carbocycles. The van der Waals surface area contributed by atoms with Gasteiger partial charge in [0.05, 0.1) is 15.1 Å². The lowest BCUT2D eigenvalue weighted by Gasteiger charge is -2.17. The van der Waals surface area contributed by atoms with E-state index in [1.54, 1.807) is 7.05 Å². The fraction of sp³-hybridized carbons (Fsp3) is 0.200. The third-order valence-electron chi connectivity index (χ3n) is 5.50. The Morgan fingerprint density at radius 3 is 2.36 bits per heavy atom. The summed E-state index contributed by atoms with van der Waals surface area (Å²) < 4.78 is 30.2. The molecule has 0 radical (unpaired) electrons. The van der Waals surface area contributed by atoms with Crippen LogP contribution in [0.1, 0.15) is 27.0 Å². The Kier molecular flexibility index (Phi) is 6.34. The number of thiazole rings is 1. The van der Waals surface area contributed by atoms with Crippen molar-refractivity contribution in [2.45, 2.75) is 25.3 Å². The molecule has 3 aromatic carbocycles. The largest absolute Gasteiger partial charge is 0.319 e. The molecule has 0 unspecified atom stereocenters. The molecule has 0 aliphatic heterocycles. The lowest BCUT2D eigenvalue weighted by molar-refractivity contribution is 0.0998. The Morgan fingerprint density at radius 2 is 1.70 bits per heavy atom. The third kappa shape index (κ3) is 4.68. The van der Waals surface area contributed by atoms with Crippen LogP contribution >= 0.6 is 11.3 Å². The number of hydrogen-bond acceptors (Lipinski definition) is 4. The average Bonchev–Trinajstić information content (AvgIpc) is 3.10. The molecule has 0 N–H and O–H groups in total. The van der Waals surface area contributed by atoms with Crippen LogP contribution in [0.5, 0.6) is 0 Å². The molecule has 8 heteroatoms. The van der Waals surface area contributed by atoms with Crippen LogP contribution < -0.4 is 4.80 Å². The maximum Gasteiger partial charge on any atom is 0.279 e. The van der Waals surface area contributed by atoms with E-state index in [-0.39, 0.29) is 11.4 Å². The van der Waals surface area contributed by atoms with E-state index in [4.69, 9.17) is 0 Å². The molecule has 4 aromatic rings. The molecular formula is C25H25N3O3S2. The van der Waals surface area contributed by atoms with E-state index in [1.807, 2.05) is 55.8 Å². The molecule has 0 aliphatic rings. The summed E-state index contributed by atoms with van der Waals surface area (Å²) in [6.45, 7) is 4.35. The average molecular weight is 480 g/mol. The molecule has 0 fully saturated rings. The maximum absolute atomic E-state index is 12.9. The normalized spacial score (nSPS) is 12.6. The zero-order valence-corrected chi connectivity index (χ0v) is 20.6. The number of benzene rings is 3. The Bertz CT molecular complexity index is 1500. The smallest absolute Gasteiger partial charge is 0.279 e. The predicted octanol–water partition coefficient (Wildman–Crippen LogP) is 4.42. The molecule has 170 valence electrons. The maximum atomic E-state index is 12.9. The number of aromatic nitrogens is 1. The number of sulfonamides is 1. The SMILES string of the molecule is Cc1cc(C)c2sc(=NC(=O)c3ccc(S(=O)(=O)N(C)Cc4ccccc4)cc3)n(C)c2c1. The van der Waals surface area contributed by atoms with Crippen molar-refractivity contribution in [1.29, 1.82) is 0 Å². The van der Waals surface area contributed by atoms with Crippen molar-refractivity contribution in [3.05, 3.63) is 93.8 Å². The minimum Gasteiger partial charge on any atom is -0.319 e. The summed E-state index contributed by atoms with van der Waals surface area (Å²) in [4.78, 5) is 17.8. The van der Waals surface area contributed by atoms with Gasteiger partial charge in [-0.2, -0.15) is 9.30 Å². The number of fused-ring (bicyclic) bond motifs is 1. The number of amides is 1.